The van der Waals surface area contributed by atoms with E-state index >= 15 is 0 Å². The first-order valence-electron chi connectivity index (χ1n) is 6.71. The Balaban J connectivity index is 1.67. The zero-order valence-electron chi connectivity index (χ0n) is 11.9. The van der Waals surface area contributed by atoms with Gasteiger partial charge in [0.15, 0.2) is 0 Å². The Morgan fingerprint density at radius 1 is 1.19 bits per heavy atom. The van der Waals surface area contributed by atoms with Gasteiger partial charge in [0.05, 0.1) is 0 Å². The van der Waals surface area contributed by atoms with Crippen molar-refractivity contribution in [1.82, 2.24) is 24.5 Å². The van der Waals surface area contributed by atoms with Gasteiger partial charge in [-0.3, -0.25) is 14.5 Å². The number of hydrogen-bond donors (Lipinski definition) is 0. The smallest absolute Gasteiger partial charge is 0.253 e. The van der Waals surface area contributed by atoms with Crippen molar-refractivity contribution in [3.05, 3.63) is 17.5 Å². The summed E-state index contributed by atoms with van der Waals surface area (Å²) in [6.07, 6.45) is 0.664. The number of aryl methyl sites for hydroxylation is 2. The summed E-state index contributed by atoms with van der Waals surface area (Å²) >= 11 is 1.42. The van der Waals surface area contributed by atoms with Gasteiger partial charge in [-0.05, 0) is 19.9 Å². The van der Waals surface area contributed by atoms with Crippen molar-refractivity contribution in [3.63, 3.8) is 0 Å². The summed E-state index contributed by atoms with van der Waals surface area (Å²) in [4.78, 5) is 33.0. The van der Waals surface area contributed by atoms with Gasteiger partial charge < -0.3 is 0 Å². The molecule has 1 fully saturated rings. The van der Waals surface area contributed by atoms with Crippen molar-refractivity contribution < 1.29 is 9.59 Å². The molecule has 2 aromatic rings. The van der Waals surface area contributed by atoms with E-state index in [9.17, 15) is 9.59 Å². The van der Waals surface area contributed by atoms with E-state index < -0.39 is 0 Å². The molecule has 1 aliphatic heterocycles. The fourth-order valence-electron chi connectivity index (χ4n) is 2.31. The molecule has 0 saturated carbocycles. The molecule has 110 valence electrons. The molecule has 1 saturated heterocycles. The Kier molecular flexibility index (Phi) is 3.62. The molecule has 0 radical (unpaired) electrons. The highest BCUT2D eigenvalue weighted by atomic mass is 32.2. The zero-order valence-corrected chi connectivity index (χ0v) is 12.7. The molecule has 3 rings (SSSR count). The SMILES string of the molecule is Cc1cc(C)n2nc(SCCN3C(=O)CCC3=O)nc2n1. The van der Waals surface area contributed by atoms with Gasteiger partial charge in [-0.25, -0.2) is 9.50 Å². The van der Waals surface area contributed by atoms with Crippen molar-refractivity contribution in [1.29, 1.82) is 0 Å². The third kappa shape index (κ3) is 2.76. The molecule has 2 aromatic heterocycles. The summed E-state index contributed by atoms with van der Waals surface area (Å²) in [6.45, 7) is 4.27. The van der Waals surface area contributed by atoms with Crippen LogP contribution in [0.4, 0.5) is 0 Å². The highest BCUT2D eigenvalue weighted by Gasteiger charge is 2.28. The van der Waals surface area contributed by atoms with E-state index in [2.05, 4.69) is 15.1 Å². The normalized spacial score (nSPS) is 15.4. The lowest BCUT2D eigenvalue weighted by atomic mass is 10.4. The maximum absolute atomic E-state index is 11.5. The summed E-state index contributed by atoms with van der Waals surface area (Å²) in [5.41, 5.74) is 1.87. The number of fused-ring (bicyclic) bond motifs is 1. The number of thioether (sulfide) groups is 1. The highest BCUT2D eigenvalue weighted by molar-refractivity contribution is 7.99. The van der Waals surface area contributed by atoms with E-state index in [1.807, 2.05) is 19.9 Å². The van der Waals surface area contributed by atoms with Crippen molar-refractivity contribution in [3.8, 4) is 0 Å². The van der Waals surface area contributed by atoms with E-state index in [1.165, 1.54) is 16.7 Å². The molecule has 2 amide bonds. The fourth-order valence-corrected chi connectivity index (χ4v) is 3.05. The predicted octanol–water partition coefficient (Wildman–Crippen LogP) is 0.982. The number of hydrogen-bond acceptors (Lipinski definition) is 6. The van der Waals surface area contributed by atoms with Crippen molar-refractivity contribution in [2.45, 2.75) is 31.8 Å². The van der Waals surface area contributed by atoms with Gasteiger partial charge in [-0.15, -0.1) is 5.10 Å². The van der Waals surface area contributed by atoms with Crippen LogP contribution in [0, 0.1) is 13.8 Å². The number of imide groups is 1. The molecule has 0 aromatic carbocycles. The van der Waals surface area contributed by atoms with Crippen LogP contribution >= 0.6 is 11.8 Å². The van der Waals surface area contributed by atoms with Crippen LogP contribution in [0.15, 0.2) is 11.2 Å². The van der Waals surface area contributed by atoms with E-state index in [0.29, 0.717) is 36.1 Å². The van der Waals surface area contributed by atoms with Gasteiger partial charge in [0.2, 0.25) is 17.0 Å². The minimum Gasteiger partial charge on any atom is -0.282 e. The van der Waals surface area contributed by atoms with Crippen LogP contribution in [-0.2, 0) is 9.59 Å². The van der Waals surface area contributed by atoms with Gasteiger partial charge in [0, 0.05) is 36.5 Å². The maximum Gasteiger partial charge on any atom is 0.253 e. The average molecular weight is 305 g/mol. The minimum atomic E-state index is -0.0864. The van der Waals surface area contributed by atoms with Crippen LogP contribution < -0.4 is 0 Å². The lowest BCUT2D eigenvalue weighted by Crippen LogP contribution is -2.31. The zero-order chi connectivity index (χ0) is 15.0. The van der Waals surface area contributed by atoms with E-state index in [1.54, 1.807) is 4.52 Å². The third-order valence-electron chi connectivity index (χ3n) is 3.30. The van der Waals surface area contributed by atoms with Gasteiger partial charge in [-0.1, -0.05) is 11.8 Å². The molecule has 8 heteroatoms. The van der Waals surface area contributed by atoms with Crippen LogP contribution in [0.3, 0.4) is 0 Å². The molecule has 0 bridgehead atoms. The molecule has 7 nitrogen and oxygen atoms in total. The van der Waals surface area contributed by atoms with Crippen molar-refractivity contribution in [2.24, 2.45) is 0 Å². The van der Waals surface area contributed by atoms with Gasteiger partial charge in [0.25, 0.3) is 5.78 Å². The van der Waals surface area contributed by atoms with Crippen molar-refractivity contribution in [2.75, 3.05) is 12.3 Å². The number of likely N-dealkylation sites (tertiary alicyclic amines) is 1. The van der Waals surface area contributed by atoms with E-state index in [4.69, 9.17) is 0 Å². The number of nitrogens with zero attached hydrogens (tertiary/aromatic N) is 5. The lowest BCUT2D eigenvalue weighted by molar-refractivity contribution is -0.137. The molecule has 21 heavy (non-hydrogen) atoms. The molecule has 1 aliphatic rings. The summed E-state index contributed by atoms with van der Waals surface area (Å²) in [6, 6.07) is 1.94. The summed E-state index contributed by atoms with van der Waals surface area (Å²) in [7, 11) is 0. The van der Waals surface area contributed by atoms with Gasteiger partial charge in [-0.2, -0.15) is 4.98 Å². The Morgan fingerprint density at radius 2 is 1.90 bits per heavy atom. The number of aromatic nitrogens is 4. The van der Waals surface area contributed by atoms with Crippen LogP contribution in [0.2, 0.25) is 0 Å². The Morgan fingerprint density at radius 3 is 2.62 bits per heavy atom. The topological polar surface area (TPSA) is 80.5 Å². The molecule has 3 heterocycles. The van der Waals surface area contributed by atoms with Crippen LogP contribution in [0.1, 0.15) is 24.2 Å². The minimum absolute atomic E-state index is 0.0864. The average Bonchev–Trinajstić information content (AvgIpc) is 2.96. The van der Waals surface area contributed by atoms with E-state index in [0.717, 1.165) is 11.4 Å². The molecule has 0 N–H and O–H groups in total. The number of carbonyl (C=O) groups excluding carboxylic acids is 2. The van der Waals surface area contributed by atoms with Crippen LogP contribution in [0.5, 0.6) is 0 Å². The highest BCUT2D eigenvalue weighted by Crippen LogP contribution is 2.17. The second kappa shape index (κ2) is 5.44. The second-order valence-corrected chi connectivity index (χ2v) is 5.99. The predicted molar refractivity (Wildman–Crippen MR) is 76.9 cm³/mol. The Labute approximate surface area is 125 Å². The number of carbonyl (C=O) groups is 2. The molecular weight excluding hydrogens is 290 g/mol. The molecule has 0 atom stereocenters. The second-order valence-electron chi connectivity index (χ2n) is 4.93. The number of amides is 2. The summed E-state index contributed by atoms with van der Waals surface area (Å²) < 4.78 is 1.70. The van der Waals surface area contributed by atoms with Crippen LogP contribution in [0.25, 0.3) is 5.78 Å². The maximum atomic E-state index is 11.5. The first-order valence-corrected chi connectivity index (χ1v) is 7.70. The Hall–Kier alpha value is -1.96. The molecule has 0 spiro atoms. The van der Waals surface area contributed by atoms with Gasteiger partial charge in [0.1, 0.15) is 0 Å². The fraction of sp³-hybridized carbons (Fsp3) is 0.462. The quantitative estimate of drug-likeness (QED) is 0.619. The standard InChI is InChI=1S/C13H15N5O2S/c1-8-7-9(2)18-12(14-8)15-13(16-18)21-6-5-17-10(19)3-4-11(17)20/h7H,3-6H2,1-2H3. The summed E-state index contributed by atoms with van der Waals surface area (Å²) in [5.74, 6) is 0.989. The third-order valence-corrected chi connectivity index (χ3v) is 4.12. The largest absolute Gasteiger partial charge is 0.282 e. The first-order chi connectivity index (χ1) is 10.0. The van der Waals surface area contributed by atoms with Crippen LogP contribution in [-0.4, -0.2) is 48.6 Å². The lowest BCUT2D eigenvalue weighted by Gasteiger charge is -2.11. The number of rotatable bonds is 4. The first kappa shape index (κ1) is 14.0. The molecular formula is C13H15N5O2S. The van der Waals surface area contributed by atoms with Crippen molar-refractivity contribution >= 4 is 29.4 Å². The summed E-state index contributed by atoms with van der Waals surface area (Å²) in [5, 5.41) is 4.98. The van der Waals surface area contributed by atoms with E-state index in [-0.39, 0.29) is 11.8 Å². The van der Waals surface area contributed by atoms with Gasteiger partial charge >= 0.3 is 0 Å². The Bertz CT molecular complexity index is 711. The molecule has 0 aliphatic carbocycles. The molecule has 0 unspecified atom stereocenters. The monoisotopic (exact) mass is 305 g/mol.